The number of quaternary nitrogens is 1. The Bertz CT molecular complexity index is 1440. The summed E-state index contributed by atoms with van der Waals surface area (Å²) >= 11 is 0. The van der Waals surface area contributed by atoms with Crippen LogP contribution < -0.4 is 10.2 Å². The summed E-state index contributed by atoms with van der Waals surface area (Å²) in [7, 11) is 1.25. The molecule has 0 saturated carbocycles. The molecule has 0 aromatic carbocycles. The Morgan fingerprint density at radius 3 is 1.29 bits per heavy atom. The van der Waals surface area contributed by atoms with Gasteiger partial charge in [-0.25, -0.2) is 0 Å². The number of hydrogen-bond donors (Lipinski definition) is 2. The predicted octanol–water partition coefficient (Wildman–Crippen LogP) is 16.4. The summed E-state index contributed by atoms with van der Waals surface area (Å²) in [6.45, 7) is 4.52. The highest BCUT2D eigenvalue weighted by atomic mass is 31.2. The maximum atomic E-state index is 12.9. The number of nitrogens with zero attached hydrogens (tertiary/aromatic N) is 1. The summed E-state index contributed by atoms with van der Waals surface area (Å²) < 4.78 is 23.3. The van der Waals surface area contributed by atoms with Crippen LogP contribution in [0.3, 0.4) is 0 Å². The minimum absolute atomic E-state index is 0.00541. The number of unbranched alkanes of at least 4 members (excludes halogenated alkanes) is 23. The van der Waals surface area contributed by atoms with E-state index in [-0.39, 0.29) is 19.1 Å². The molecule has 0 aromatic heterocycles. The maximum absolute atomic E-state index is 12.9. The van der Waals surface area contributed by atoms with Gasteiger partial charge in [-0.1, -0.05) is 239 Å². The number of carbonyl (C=O) groups is 1. The number of amides is 1. The van der Waals surface area contributed by atoms with Crippen molar-refractivity contribution >= 4 is 13.7 Å². The zero-order chi connectivity index (χ0) is 50.6. The molecule has 0 saturated heterocycles. The lowest BCUT2D eigenvalue weighted by atomic mass is 10.0. The Balaban J connectivity index is 4.15. The first kappa shape index (κ1) is 66.4. The first-order valence-electron chi connectivity index (χ1n) is 28.1. The van der Waals surface area contributed by atoms with Crippen molar-refractivity contribution in [1.82, 2.24) is 5.32 Å². The van der Waals surface area contributed by atoms with Crippen LogP contribution in [-0.2, 0) is 18.4 Å². The third-order valence-corrected chi connectivity index (χ3v) is 13.0. The molecule has 3 unspecified atom stereocenters. The second-order valence-corrected chi connectivity index (χ2v) is 21.3. The summed E-state index contributed by atoms with van der Waals surface area (Å²) in [5, 5.41) is 13.8. The smallest absolute Gasteiger partial charge is 0.268 e. The van der Waals surface area contributed by atoms with Gasteiger partial charge in [0.1, 0.15) is 13.2 Å². The molecule has 9 heteroatoms. The molecule has 0 aliphatic rings. The normalized spacial score (nSPS) is 14.7. The molecule has 0 heterocycles. The van der Waals surface area contributed by atoms with Crippen LogP contribution in [-0.4, -0.2) is 68.5 Å². The second kappa shape index (κ2) is 50.4. The molecule has 0 spiro atoms. The van der Waals surface area contributed by atoms with Gasteiger partial charge in [-0.15, -0.1) is 0 Å². The van der Waals surface area contributed by atoms with Gasteiger partial charge < -0.3 is 28.8 Å². The second-order valence-electron chi connectivity index (χ2n) is 19.9. The lowest BCUT2D eigenvalue weighted by Gasteiger charge is -2.29. The lowest BCUT2D eigenvalue weighted by Crippen LogP contribution is -2.45. The van der Waals surface area contributed by atoms with Crippen LogP contribution in [0.4, 0.5) is 0 Å². The van der Waals surface area contributed by atoms with E-state index < -0.39 is 20.0 Å². The summed E-state index contributed by atoms with van der Waals surface area (Å²) in [6, 6.07) is -0.893. The third-order valence-electron chi connectivity index (χ3n) is 12.0. The van der Waals surface area contributed by atoms with Crippen molar-refractivity contribution in [1.29, 1.82) is 0 Å². The molecule has 0 aliphatic carbocycles. The van der Waals surface area contributed by atoms with Crippen molar-refractivity contribution in [3.8, 4) is 0 Å². The molecule has 0 bridgehead atoms. The average Bonchev–Trinajstić information content (AvgIpc) is 3.31. The van der Waals surface area contributed by atoms with Crippen LogP contribution in [0.1, 0.15) is 226 Å². The highest BCUT2D eigenvalue weighted by molar-refractivity contribution is 7.45. The van der Waals surface area contributed by atoms with Crippen LogP contribution in [0.25, 0.3) is 0 Å². The minimum atomic E-state index is -4.60. The number of aliphatic hydroxyl groups is 1. The summed E-state index contributed by atoms with van der Waals surface area (Å²) in [4.78, 5) is 25.4. The van der Waals surface area contributed by atoms with Crippen LogP contribution in [0, 0.1) is 0 Å². The summed E-state index contributed by atoms with van der Waals surface area (Å²) in [5.74, 6) is -0.205. The summed E-state index contributed by atoms with van der Waals surface area (Å²) in [6.07, 6.45) is 71.9. The molecule has 3 atom stereocenters. The van der Waals surface area contributed by atoms with Gasteiger partial charge in [0.15, 0.2) is 0 Å². The van der Waals surface area contributed by atoms with Crippen LogP contribution >= 0.6 is 7.82 Å². The van der Waals surface area contributed by atoms with Gasteiger partial charge in [-0.2, -0.15) is 0 Å². The van der Waals surface area contributed by atoms with Gasteiger partial charge in [0.25, 0.3) is 7.82 Å². The van der Waals surface area contributed by atoms with Crippen LogP contribution in [0.15, 0.2) is 97.2 Å². The standard InChI is InChI=1S/C60H107N2O6P/c1-6-8-10-12-14-16-18-20-22-23-24-25-26-27-28-29-30-31-32-33-34-35-36-37-38-39-40-42-44-46-48-50-52-54-60(64)61-58(57-68-69(65,66)67-56-55-62(3,4)5)59(63)53-51-49-47-45-43-41-21-19-17-15-13-11-9-7-2/h8,10,14,16,20,22,24-25,27-28,30-31,33-34,51,53,58-59,63H,6-7,9,11-13,15,17-19,21,23,26,29,32,35-50,52,54-57H2,1-5H3,(H-,61,64,65,66)/b10-8-,16-14-,22-20-,25-24-,28-27-,31-30-,34-33-,53-51+. The number of hydrogen-bond acceptors (Lipinski definition) is 6. The fourth-order valence-electron chi connectivity index (χ4n) is 7.66. The zero-order valence-corrected chi connectivity index (χ0v) is 46.1. The number of nitrogens with one attached hydrogen (secondary N) is 1. The van der Waals surface area contributed by atoms with Crippen molar-refractivity contribution in [3.05, 3.63) is 97.2 Å². The molecule has 1 amide bonds. The minimum Gasteiger partial charge on any atom is -0.756 e. The Morgan fingerprint density at radius 2 is 0.884 bits per heavy atom. The number of carbonyl (C=O) groups excluding carboxylic acids is 1. The highest BCUT2D eigenvalue weighted by Crippen LogP contribution is 2.38. The Kier molecular flexibility index (Phi) is 48.5. The molecule has 0 fully saturated rings. The van der Waals surface area contributed by atoms with Gasteiger partial charge in [-0.3, -0.25) is 9.36 Å². The summed E-state index contributed by atoms with van der Waals surface area (Å²) in [5.41, 5.74) is 0. The van der Waals surface area contributed by atoms with Crippen LogP contribution in [0.5, 0.6) is 0 Å². The number of phosphoric ester groups is 1. The molecular weight excluding hydrogens is 876 g/mol. The third kappa shape index (κ3) is 53.1. The van der Waals surface area contributed by atoms with Crippen LogP contribution in [0.2, 0.25) is 0 Å². The maximum Gasteiger partial charge on any atom is 0.268 e. The van der Waals surface area contributed by atoms with E-state index in [1.54, 1.807) is 6.08 Å². The topological polar surface area (TPSA) is 108 Å². The van der Waals surface area contributed by atoms with E-state index in [1.165, 1.54) is 122 Å². The number of likely N-dealkylation sites (N-methyl/N-ethyl adjacent to an activating group) is 1. The lowest BCUT2D eigenvalue weighted by molar-refractivity contribution is -0.870. The molecule has 69 heavy (non-hydrogen) atoms. The first-order valence-corrected chi connectivity index (χ1v) is 29.6. The number of phosphoric acid groups is 1. The molecule has 0 aliphatic heterocycles. The van der Waals surface area contributed by atoms with E-state index in [4.69, 9.17) is 9.05 Å². The monoisotopic (exact) mass is 983 g/mol. The zero-order valence-electron chi connectivity index (χ0n) is 45.2. The number of aliphatic hydroxyl groups excluding tert-OH is 1. The Labute approximate surface area is 426 Å². The van der Waals surface area contributed by atoms with E-state index >= 15 is 0 Å². The van der Waals surface area contributed by atoms with Gasteiger partial charge >= 0.3 is 0 Å². The fraction of sp³-hybridized carbons (Fsp3) is 0.717. The van der Waals surface area contributed by atoms with Crippen molar-refractivity contribution in [3.63, 3.8) is 0 Å². The van der Waals surface area contributed by atoms with E-state index in [9.17, 15) is 19.4 Å². The molecule has 398 valence electrons. The molecule has 0 radical (unpaired) electrons. The largest absolute Gasteiger partial charge is 0.756 e. The molecule has 2 N–H and O–H groups in total. The van der Waals surface area contributed by atoms with Crippen molar-refractivity contribution in [2.45, 2.75) is 238 Å². The molecular formula is C60H107N2O6P. The van der Waals surface area contributed by atoms with Crippen molar-refractivity contribution in [2.24, 2.45) is 0 Å². The number of allylic oxidation sites excluding steroid dienone is 15. The molecule has 8 nitrogen and oxygen atoms in total. The quantitative estimate of drug-likeness (QED) is 0.0272. The highest BCUT2D eigenvalue weighted by Gasteiger charge is 2.23. The predicted molar refractivity (Wildman–Crippen MR) is 297 cm³/mol. The van der Waals surface area contributed by atoms with Gasteiger partial charge in [-0.05, 0) is 77.0 Å². The van der Waals surface area contributed by atoms with E-state index in [1.807, 2.05) is 27.2 Å². The Morgan fingerprint density at radius 1 is 0.522 bits per heavy atom. The van der Waals surface area contributed by atoms with E-state index in [0.29, 0.717) is 17.4 Å². The fourth-order valence-corrected chi connectivity index (χ4v) is 8.39. The van der Waals surface area contributed by atoms with Crippen molar-refractivity contribution < 1.29 is 32.9 Å². The van der Waals surface area contributed by atoms with E-state index in [2.05, 4.69) is 104 Å². The van der Waals surface area contributed by atoms with Gasteiger partial charge in [0.05, 0.1) is 39.9 Å². The molecule has 0 aromatic rings. The van der Waals surface area contributed by atoms with Gasteiger partial charge in [0, 0.05) is 6.42 Å². The molecule has 0 rings (SSSR count). The van der Waals surface area contributed by atoms with Gasteiger partial charge in [0.2, 0.25) is 5.91 Å². The number of rotatable bonds is 50. The van der Waals surface area contributed by atoms with Crippen molar-refractivity contribution in [2.75, 3.05) is 40.9 Å². The Hall–Kier alpha value is -2.58. The SMILES string of the molecule is CC/C=C\C/C=C\C/C=C\C/C=C\C/C=C\C/C=C\C/C=C\CCCCCCCCCCCCCC(=O)NC(COP(=O)([O-])OCC[N+](C)(C)C)C(O)/C=C/CCCCCCCCCCCCCC. The first-order chi connectivity index (χ1) is 33.5. The average molecular weight is 983 g/mol. The van der Waals surface area contributed by atoms with E-state index in [0.717, 1.165) is 83.5 Å².